The van der Waals surface area contributed by atoms with E-state index < -0.39 is 9.84 Å². The van der Waals surface area contributed by atoms with E-state index in [-0.39, 0.29) is 23.2 Å². The van der Waals surface area contributed by atoms with E-state index in [4.69, 9.17) is 11.6 Å². The molecule has 7 heteroatoms. The molecule has 0 saturated heterocycles. The Balaban J connectivity index is 2.87. The highest BCUT2D eigenvalue weighted by Gasteiger charge is 2.14. The second-order valence-electron chi connectivity index (χ2n) is 3.37. The van der Waals surface area contributed by atoms with Crippen LogP contribution in [0.25, 0.3) is 0 Å². The van der Waals surface area contributed by atoms with Gasteiger partial charge >= 0.3 is 0 Å². The summed E-state index contributed by atoms with van der Waals surface area (Å²) in [4.78, 5) is 10.7. The number of halogens is 1. The Labute approximate surface area is 99.3 Å². The summed E-state index contributed by atoms with van der Waals surface area (Å²) in [7, 11) is -3.05. The van der Waals surface area contributed by atoms with Crippen LogP contribution in [0, 0.1) is 6.92 Å². The summed E-state index contributed by atoms with van der Waals surface area (Å²) in [6.45, 7) is 3.41. The van der Waals surface area contributed by atoms with Crippen LogP contribution in [0.5, 0.6) is 0 Å². The fourth-order valence-corrected chi connectivity index (χ4v) is 2.26. The quantitative estimate of drug-likeness (QED) is 0.747. The summed E-state index contributed by atoms with van der Waals surface area (Å²) in [5.41, 5.74) is 0.824. The molecular formula is C9H13ClN2O3S. The topological polar surface area (TPSA) is 69.0 Å². The lowest BCUT2D eigenvalue weighted by Crippen LogP contribution is -2.15. The molecule has 0 saturated carbocycles. The van der Waals surface area contributed by atoms with Gasteiger partial charge in [-0.15, -0.1) is 0 Å². The minimum atomic E-state index is -3.05. The number of sulfone groups is 1. The van der Waals surface area contributed by atoms with Gasteiger partial charge in [0.05, 0.1) is 23.6 Å². The summed E-state index contributed by atoms with van der Waals surface area (Å²) < 4.78 is 23.9. The molecule has 1 aromatic heterocycles. The highest BCUT2D eigenvalue weighted by atomic mass is 35.5. The van der Waals surface area contributed by atoms with Crippen molar-refractivity contribution in [2.75, 3.05) is 11.5 Å². The summed E-state index contributed by atoms with van der Waals surface area (Å²) in [5.74, 6) is 0.0635. The molecule has 1 aromatic rings. The Bertz CT molecular complexity index is 493. The predicted octanol–water partition coefficient (Wildman–Crippen LogP) is 1.09. The van der Waals surface area contributed by atoms with Crippen LogP contribution in [0.2, 0.25) is 5.15 Å². The molecule has 0 aliphatic rings. The largest absolute Gasteiger partial charge is 0.298 e. The molecule has 0 radical (unpaired) electrons. The second kappa shape index (κ2) is 4.97. The number of carbonyl (C=O) groups excluding carboxylic acids is 1. The molecule has 0 fully saturated rings. The van der Waals surface area contributed by atoms with Crippen molar-refractivity contribution in [2.24, 2.45) is 0 Å². The Morgan fingerprint density at radius 1 is 1.50 bits per heavy atom. The summed E-state index contributed by atoms with van der Waals surface area (Å²) in [6, 6.07) is 0. The Morgan fingerprint density at radius 2 is 2.12 bits per heavy atom. The molecule has 0 atom stereocenters. The van der Waals surface area contributed by atoms with E-state index >= 15 is 0 Å². The van der Waals surface area contributed by atoms with Crippen molar-refractivity contribution in [1.29, 1.82) is 0 Å². The van der Waals surface area contributed by atoms with Crippen LogP contribution in [-0.2, 0) is 16.4 Å². The number of aryl methyl sites for hydroxylation is 2. The molecule has 0 aliphatic heterocycles. The van der Waals surface area contributed by atoms with Crippen molar-refractivity contribution < 1.29 is 13.2 Å². The molecule has 0 aromatic carbocycles. The normalized spacial score (nSPS) is 11.7. The molecule has 0 unspecified atom stereocenters. The first-order valence-corrected chi connectivity index (χ1v) is 6.99. The van der Waals surface area contributed by atoms with E-state index in [2.05, 4.69) is 5.10 Å². The fourth-order valence-electron chi connectivity index (χ4n) is 1.22. The smallest absolute Gasteiger partial charge is 0.155 e. The second-order valence-corrected chi connectivity index (χ2v) is 6.20. The number of hydrogen-bond acceptors (Lipinski definition) is 4. The van der Waals surface area contributed by atoms with Crippen LogP contribution in [0.3, 0.4) is 0 Å². The van der Waals surface area contributed by atoms with Crippen LogP contribution in [0.1, 0.15) is 23.0 Å². The molecule has 0 bridgehead atoms. The van der Waals surface area contributed by atoms with Gasteiger partial charge in [0.1, 0.15) is 5.15 Å². The van der Waals surface area contributed by atoms with Crippen molar-refractivity contribution in [3.63, 3.8) is 0 Å². The third-order valence-electron chi connectivity index (χ3n) is 2.28. The van der Waals surface area contributed by atoms with Crippen LogP contribution in [0.15, 0.2) is 0 Å². The average molecular weight is 265 g/mol. The molecule has 90 valence electrons. The van der Waals surface area contributed by atoms with Crippen molar-refractivity contribution >= 4 is 27.7 Å². The third-order valence-corrected chi connectivity index (χ3v) is 4.36. The minimum Gasteiger partial charge on any atom is -0.298 e. The van der Waals surface area contributed by atoms with Gasteiger partial charge in [0.15, 0.2) is 16.1 Å². The van der Waals surface area contributed by atoms with Crippen molar-refractivity contribution in [2.45, 2.75) is 20.4 Å². The van der Waals surface area contributed by atoms with Crippen LogP contribution in [-0.4, -0.2) is 36.0 Å². The maximum absolute atomic E-state index is 11.3. The number of hydrogen-bond donors (Lipinski definition) is 0. The summed E-state index contributed by atoms with van der Waals surface area (Å²) in [6.07, 6.45) is 0.621. The van der Waals surface area contributed by atoms with E-state index in [1.54, 1.807) is 13.8 Å². The zero-order valence-corrected chi connectivity index (χ0v) is 10.7. The SMILES string of the molecule is CCS(=O)(=O)CCn1nc(C)c(C=O)c1Cl. The van der Waals surface area contributed by atoms with E-state index in [1.165, 1.54) is 4.68 Å². The van der Waals surface area contributed by atoms with Crippen molar-refractivity contribution in [3.8, 4) is 0 Å². The van der Waals surface area contributed by atoms with Gasteiger partial charge in [-0.2, -0.15) is 5.10 Å². The van der Waals surface area contributed by atoms with Gasteiger partial charge in [-0.3, -0.25) is 9.48 Å². The lowest BCUT2D eigenvalue weighted by atomic mass is 10.3. The van der Waals surface area contributed by atoms with Gasteiger partial charge in [-0.1, -0.05) is 18.5 Å². The first-order chi connectivity index (χ1) is 7.41. The lowest BCUT2D eigenvalue weighted by molar-refractivity contribution is 0.112. The first-order valence-electron chi connectivity index (χ1n) is 4.79. The van der Waals surface area contributed by atoms with Crippen molar-refractivity contribution in [1.82, 2.24) is 9.78 Å². The average Bonchev–Trinajstić information content (AvgIpc) is 2.51. The minimum absolute atomic E-state index is 0.0252. The third kappa shape index (κ3) is 2.82. The number of rotatable bonds is 5. The van der Waals surface area contributed by atoms with Gasteiger partial charge in [0, 0.05) is 5.75 Å². The van der Waals surface area contributed by atoms with E-state index in [9.17, 15) is 13.2 Å². The maximum atomic E-state index is 11.3. The highest BCUT2D eigenvalue weighted by molar-refractivity contribution is 7.91. The lowest BCUT2D eigenvalue weighted by Gasteiger charge is -2.03. The molecular weight excluding hydrogens is 252 g/mol. The molecule has 16 heavy (non-hydrogen) atoms. The first kappa shape index (κ1) is 13.2. The van der Waals surface area contributed by atoms with Crippen LogP contribution < -0.4 is 0 Å². The fraction of sp³-hybridized carbons (Fsp3) is 0.556. The number of aldehydes is 1. The molecule has 1 rings (SSSR count). The van der Waals surface area contributed by atoms with E-state index in [0.717, 1.165) is 0 Å². The Kier molecular flexibility index (Phi) is 4.09. The van der Waals surface area contributed by atoms with E-state index in [1.807, 2.05) is 0 Å². The summed E-state index contributed by atoms with van der Waals surface area (Å²) in [5, 5.41) is 4.20. The molecule has 0 amide bonds. The van der Waals surface area contributed by atoms with Crippen LogP contribution in [0.4, 0.5) is 0 Å². The zero-order chi connectivity index (χ0) is 12.3. The molecule has 1 heterocycles. The molecule has 5 nitrogen and oxygen atoms in total. The maximum Gasteiger partial charge on any atom is 0.155 e. The Morgan fingerprint density at radius 3 is 2.56 bits per heavy atom. The van der Waals surface area contributed by atoms with Crippen LogP contribution >= 0.6 is 11.6 Å². The van der Waals surface area contributed by atoms with E-state index in [0.29, 0.717) is 17.5 Å². The number of nitrogens with zero attached hydrogens (tertiary/aromatic N) is 2. The zero-order valence-electron chi connectivity index (χ0n) is 9.10. The van der Waals surface area contributed by atoms with Gasteiger partial charge in [-0.05, 0) is 6.92 Å². The van der Waals surface area contributed by atoms with Crippen molar-refractivity contribution in [3.05, 3.63) is 16.4 Å². The number of aromatic nitrogens is 2. The summed E-state index contributed by atoms with van der Waals surface area (Å²) >= 11 is 5.88. The van der Waals surface area contributed by atoms with Gasteiger partial charge in [0.2, 0.25) is 0 Å². The molecule has 0 spiro atoms. The molecule has 0 N–H and O–H groups in total. The standard InChI is InChI=1S/C9H13ClN2O3S/c1-3-16(14,15)5-4-12-9(10)8(6-13)7(2)11-12/h6H,3-5H2,1-2H3. The van der Waals surface area contributed by atoms with Gasteiger partial charge in [0.25, 0.3) is 0 Å². The van der Waals surface area contributed by atoms with Gasteiger partial charge < -0.3 is 0 Å². The highest BCUT2D eigenvalue weighted by Crippen LogP contribution is 2.17. The predicted molar refractivity (Wildman–Crippen MR) is 61.7 cm³/mol. The van der Waals surface area contributed by atoms with Gasteiger partial charge in [-0.25, -0.2) is 8.42 Å². The number of carbonyl (C=O) groups is 1. The molecule has 0 aliphatic carbocycles. The Hall–Kier alpha value is -0.880. The monoisotopic (exact) mass is 264 g/mol.